The predicted octanol–water partition coefficient (Wildman–Crippen LogP) is 7.44. The Morgan fingerprint density at radius 1 is 1.14 bits per heavy atom. The topological polar surface area (TPSA) is 89.3 Å². The van der Waals surface area contributed by atoms with Gasteiger partial charge in [-0.2, -0.15) is 0 Å². The number of ketones is 1. The van der Waals surface area contributed by atoms with E-state index in [1.807, 2.05) is 36.7 Å². The number of carbonyl (C=O) groups is 1. The summed E-state index contributed by atoms with van der Waals surface area (Å²) < 4.78 is 9.26. The van der Waals surface area contributed by atoms with E-state index in [-0.39, 0.29) is 36.0 Å². The Hall–Kier alpha value is -2.52. The second-order valence-corrected chi connectivity index (χ2v) is 19.0. The normalized spacial score (nSPS) is 21.8. The molecule has 3 aromatic rings. The van der Waals surface area contributed by atoms with Crippen molar-refractivity contribution < 1.29 is 14.3 Å². The minimum Gasteiger partial charge on any atom is -0.413 e. The van der Waals surface area contributed by atoms with Crippen LogP contribution in [-0.2, 0) is 9.96 Å². The number of halogens is 1. The van der Waals surface area contributed by atoms with E-state index in [1.54, 1.807) is 6.20 Å². The number of benzene rings is 1. The summed E-state index contributed by atoms with van der Waals surface area (Å²) >= 11 is 6.28. The fourth-order valence-electron chi connectivity index (χ4n) is 7.56. The summed E-state index contributed by atoms with van der Waals surface area (Å²) in [6.45, 7) is 13.8. The average Bonchev–Trinajstić information content (AvgIpc) is 3.44. The molecule has 2 heterocycles. The largest absolute Gasteiger partial charge is 0.413 e. The number of nitrogens with zero attached hydrogens (tertiary/aromatic N) is 3. The first-order valence-corrected chi connectivity index (χ1v) is 17.9. The van der Waals surface area contributed by atoms with Crippen LogP contribution in [0.4, 0.5) is 5.82 Å². The lowest BCUT2D eigenvalue weighted by Gasteiger charge is -2.45. The van der Waals surface area contributed by atoms with Crippen molar-refractivity contribution in [3.63, 3.8) is 0 Å². The molecule has 2 fully saturated rings. The summed E-state index contributed by atoms with van der Waals surface area (Å²) in [6.07, 6.45) is 10.5. The van der Waals surface area contributed by atoms with E-state index in [2.05, 4.69) is 67.5 Å². The molecule has 0 aliphatic heterocycles. The van der Waals surface area contributed by atoms with Gasteiger partial charge in [0.2, 0.25) is 8.32 Å². The van der Waals surface area contributed by atoms with Crippen molar-refractivity contribution in [3.8, 4) is 0 Å². The highest BCUT2D eigenvalue weighted by Gasteiger charge is 2.49. The number of hydrogen-bond donors (Lipinski definition) is 2. The van der Waals surface area contributed by atoms with Gasteiger partial charge in [-0.25, -0.2) is 9.97 Å². The lowest BCUT2D eigenvalue weighted by molar-refractivity contribution is 0.0941. The summed E-state index contributed by atoms with van der Waals surface area (Å²) in [7, 11) is -2.11. The highest BCUT2D eigenvalue weighted by Crippen LogP contribution is 2.50. The number of anilines is 1. The van der Waals surface area contributed by atoms with Gasteiger partial charge in [-0.1, -0.05) is 65.3 Å². The molecule has 2 saturated carbocycles. The number of rotatable bonds is 12. The Balaban J connectivity index is 1.34. The molecule has 2 N–H and O–H groups in total. The number of aromatic nitrogens is 3. The number of nitrogens with one attached hydrogen (secondary N) is 1. The Labute approximate surface area is 256 Å². The van der Waals surface area contributed by atoms with Crippen LogP contribution in [0, 0.1) is 5.92 Å². The summed E-state index contributed by atoms with van der Waals surface area (Å²) in [5, 5.41) is 14.6. The van der Waals surface area contributed by atoms with E-state index in [4.69, 9.17) is 16.0 Å². The molecule has 7 nitrogen and oxygen atoms in total. The molecule has 1 aromatic carbocycles. The molecule has 3 atom stereocenters. The summed E-state index contributed by atoms with van der Waals surface area (Å²) in [4.78, 5) is 22.5. The first kappa shape index (κ1) is 30.9. The molecule has 2 aliphatic carbocycles. The average molecular weight is 609 g/mol. The van der Waals surface area contributed by atoms with Gasteiger partial charge in [0.05, 0.1) is 17.2 Å². The van der Waals surface area contributed by atoms with Crippen molar-refractivity contribution in [2.24, 2.45) is 5.92 Å². The third-order valence-electron chi connectivity index (χ3n) is 9.76. The summed E-state index contributed by atoms with van der Waals surface area (Å²) in [6, 6.07) is 9.88. The molecule has 9 heteroatoms. The third-order valence-corrected chi connectivity index (χ3v) is 16.1. The maximum absolute atomic E-state index is 13.8. The lowest BCUT2D eigenvalue weighted by Crippen LogP contribution is -2.51. The van der Waals surface area contributed by atoms with Crippen molar-refractivity contribution in [2.45, 2.75) is 102 Å². The molecule has 0 bridgehead atoms. The summed E-state index contributed by atoms with van der Waals surface area (Å²) in [5.74, 6) is 0.456. The van der Waals surface area contributed by atoms with E-state index in [0.29, 0.717) is 38.6 Å². The van der Waals surface area contributed by atoms with Crippen LogP contribution < -0.4 is 5.32 Å². The Kier molecular flexibility index (Phi) is 9.00. The van der Waals surface area contributed by atoms with Crippen LogP contribution in [0.2, 0.25) is 21.6 Å². The minimum absolute atomic E-state index is 0.0254. The highest BCUT2D eigenvalue weighted by atomic mass is 35.5. The van der Waals surface area contributed by atoms with E-state index >= 15 is 0 Å². The first-order chi connectivity index (χ1) is 20.0. The fraction of sp³-hybridized carbons (Fsp3) is 0.545. The zero-order valence-electron chi connectivity index (χ0n) is 25.7. The molecular weight excluding hydrogens is 564 g/mol. The maximum atomic E-state index is 13.8. The van der Waals surface area contributed by atoms with Crippen molar-refractivity contribution in [3.05, 3.63) is 77.0 Å². The predicted molar refractivity (Wildman–Crippen MR) is 171 cm³/mol. The van der Waals surface area contributed by atoms with Crippen LogP contribution >= 0.6 is 11.6 Å². The van der Waals surface area contributed by atoms with Gasteiger partial charge in [0.1, 0.15) is 12.1 Å². The Morgan fingerprint density at radius 3 is 2.48 bits per heavy atom. The molecule has 0 unspecified atom stereocenters. The molecule has 2 aliphatic rings. The minimum atomic E-state index is -2.11. The lowest BCUT2D eigenvalue weighted by atomic mass is 10.0. The van der Waals surface area contributed by atoms with Gasteiger partial charge in [0, 0.05) is 47.7 Å². The molecule has 0 amide bonds. The van der Waals surface area contributed by atoms with Gasteiger partial charge in [-0.05, 0) is 66.1 Å². The second-order valence-electron chi connectivity index (χ2n) is 13.2. The monoisotopic (exact) mass is 608 g/mol. The molecule has 2 aromatic heterocycles. The van der Waals surface area contributed by atoms with Crippen LogP contribution in [0.15, 0.2) is 55.2 Å². The van der Waals surface area contributed by atoms with Crippen LogP contribution in [0.3, 0.4) is 0 Å². The van der Waals surface area contributed by atoms with Crippen molar-refractivity contribution >= 4 is 31.5 Å². The van der Waals surface area contributed by atoms with Gasteiger partial charge < -0.3 is 19.4 Å². The van der Waals surface area contributed by atoms with Crippen molar-refractivity contribution in [1.29, 1.82) is 0 Å². The van der Waals surface area contributed by atoms with Crippen LogP contribution in [-0.4, -0.2) is 52.5 Å². The van der Waals surface area contributed by atoms with E-state index < -0.39 is 8.32 Å². The Morgan fingerprint density at radius 2 is 1.86 bits per heavy atom. The number of hydrogen-bond acceptors (Lipinski definition) is 6. The Bertz CT molecular complexity index is 1380. The van der Waals surface area contributed by atoms with Gasteiger partial charge in [0.15, 0.2) is 5.78 Å². The van der Waals surface area contributed by atoms with Crippen LogP contribution in [0.5, 0.6) is 0 Å². The molecule has 5 rings (SSSR count). The van der Waals surface area contributed by atoms with Gasteiger partial charge in [-0.3, -0.25) is 4.79 Å². The molecule has 0 saturated heterocycles. The zero-order chi connectivity index (χ0) is 30.2. The van der Waals surface area contributed by atoms with Gasteiger partial charge in [-0.15, -0.1) is 0 Å². The fourth-order valence-corrected chi connectivity index (χ4v) is 13.4. The van der Waals surface area contributed by atoms with Gasteiger partial charge >= 0.3 is 0 Å². The summed E-state index contributed by atoms with van der Waals surface area (Å²) in [5.41, 5.74) is 3.45. The van der Waals surface area contributed by atoms with Gasteiger partial charge in [0.25, 0.3) is 0 Å². The second kappa shape index (κ2) is 12.2. The third kappa shape index (κ3) is 5.71. The maximum Gasteiger partial charge on any atom is 0.200 e. The number of aliphatic hydroxyl groups excluding tert-OH is 1. The van der Waals surface area contributed by atoms with Crippen LogP contribution in [0.1, 0.15) is 88.7 Å². The zero-order valence-corrected chi connectivity index (χ0v) is 27.4. The highest BCUT2D eigenvalue weighted by molar-refractivity contribution is 6.77. The molecular formula is C33H45ClN4O3Si. The molecule has 226 valence electrons. The first-order valence-electron chi connectivity index (χ1n) is 15.4. The van der Waals surface area contributed by atoms with E-state index in [0.717, 1.165) is 31.2 Å². The van der Waals surface area contributed by atoms with E-state index in [9.17, 15) is 9.90 Å². The van der Waals surface area contributed by atoms with Crippen molar-refractivity contribution in [1.82, 2.24) is 14.5 Å². The molecule has 42 heavy (non-hydrogen) atoms. The number of carbonyl (C=O) groups excluding carboxylic acids is 1. The molecule has 0 spiro atoms. The van der Waals surface area contributed by atoms with Crippen molar-refractivity contribution in [2.75, 3.05) is 11.9 Å². The van der Waals surface area contributed by atoms with Crippen LogP contribution in [0.25, 0.3) is 0 Å². The smallest absolute Gasteiger partial charge is 0.200 e. The van der Waals surface area contributed by atoms with E-state index in [1.165, 1.54) is 6.33 Å². The quantitative estimate of drug-likeness (QED) is 0.164. The standard InChI is InChI=1S/C33H45ClN4O3Si/c1-21(2)42(22(3)4,23(5)6)41-30-16-28(14-25(30)19-39)37-32-29(17-35-20-36-32)31(40)24-10-13-38(18-24)33(11-12-33)26-8-7-9-27(34)15-26/h7-10,13,15,17-18,20-23,25,28,30,39H,11-12,14,16,19H2,1-6H3,(H,35,36,37)/t25-,28-,30+/m1/s1. The molecule has 0 radical (unpaired) electrons. The SMILES string of the molecule is CC(C)[Si](O[C@H]1C[C@H](Nc2ncncc2C(=O)c2ccn(C3(c4cccc(Cl)c4)CC3)c2)C[C@@H]1CO)(C(C)C)C(C)C. The number of aliphatic hydroxyl groups is 1.